The second-order valence-electron chi connectivity index (χ2n) is 6.29. The molecule has 94 valence electrons. The van der Waals surface area contributed by atoms with Crippen LogP contribution in [0.4, 0.5) is 0 Å². The lowest BCUT2D eigenvalue weighted by molar-refractivity contribution is 0.0533. The van der Waals surface area contributed by atoms with E-state index in [2.05, 4.69) is 45.9 Å². The Kier molecular flexibility index (Phi) is 2.94. The summed E-state index contributed by atoms with van der Waals surface area (Å²) in [5, 5.41) is 0. The predicted octanol–water partition coefficient (Wildman–Crippen LogP) is 3.03. The molecule has 0 saturated heterocycles. The van der Waals surface area contributed by atoms with E-state index in [0.717, 1.165) is 18.6 Å². The monoisotopic (exact) mass is 233 g/mol. The molecule has 1 aromatic rings. The maximum absolute atomic E-state index is 6.06. The van der Waals surface area contributed by atoms with Crippen molar-refractivity contribution in [3.8, 4) is 5.75 Å². The fourth-order valence-electron chi connectivity index (χ4n) is 3.01. The van der Waals surface area contributed by atoms with E-state index in [1.807, 2.05) is 0 Å². The summed E-state index contributed by atoms with van der Waals surface area (Å²) in [7, 11) is 0. The Bertz CT molecular complexity index is 421. The van der Waals surface area contributed by atoms with Gasteiger partial charge in [0, 0.05) is 5.56 Å². The fourth-order valence-corrected chi connectivity index (χ4v) is 3.01. The first kappa shape index (κ1) is 12.4. The van der Waals surface area contributed by atoms with Gasteiger partial charge in [0.15, 0.2) is 0 Å². The molecule has 2 N–H and O–H groups in total. The van der Waals surface area contributed by atoms with E-state index in [9.17, 15) is 0 Å². The molecule has 17 heavy (non-hydrogen) atoms. The smallest absolute Gasteiger partial charge is 0.123 e. The van der Waals surface area contributed by atoms with E-state index in [0.29, 0.717) is 6.54 Å². The molecule has 0 aromatic heterocycles. The average Bonchev–Trinajstić information content (AvgIpc) is 2.17. The van der Waals surface area contributed by atoms with Crippen molar-refractivity contribution in [1.29, 1.82) is 0 Å². The normalized spacial score (nSPS) is 20.5. The SMILES string of the molecule is CC1(C)CC(C)(C)c2cc(CCN)ccc2O1. The number of ether oxygens (including phenoxy) is 1. The quantitative estimate of drug-likeness (QED) is 0.852. The second-order valence-corrected chi connectivity index (χ2v) is 6.29. The predicted molar refractivity (Wildman–Crippen MR) is 71.6 cm³/mol. The van der Waals surface area contributed by atoms with E-state index < -0.39 is 0 Å². The minimum absolute atomic E-state index is 0.0775. The van der Waals surface area contributed by atoms with Gasteiger partial charge in [0.1, 0.15) is 11.4 Å². The van der Waals surface area contributed by atoms with Crippen molar-refractivity contribution in [3.05, 3.63) is 29.3 Å². The molecule has 0 bridgehead atoms. The summed E-state index contributed by atoms with van der Waals surface area (Å²) in [6.45, 7) is 9.60. The largest absolute Gasteiger partial charge is 0.488 e. The molecule has 2 rings (SSSR count). The number of fused-ring (bicyclic) bond motifs is 1. The van der Waals surface area contributed by atoms with E-state index in [-0.39, 0.29) is 11.0 Å². The topological polar surface area (TPSA) is 35.2 Å². The van der Waals surface area contributed by atoms with Gasteiger partial charge in [0.05, 0.1) is 0 Å². The Balaban J connectivity index is 2.44. The van der Waals surface area contributed by atoms with Gasteiger partial charge in [-0.05, 0) is 50.3 Å². The molecule has 0 saturated carbocycles. The zero-order valence-electron chi connectivity index (χ0n) is 11.3. The van der Waals surface area contributed by atoms with Gasteiger partial charge in [-0.15, -0.1) is 0 Å². The van der Waals surface area contributed by atoms with E-state index in [1.165, 1.54) is 11.1 Å². The summed E-state index contributed by atoms with van der Waals surface area (Å²) in [4.78, 5) is 0. The maximum atomic E-state index is 6.06. The van der Waals surface area contributed by atoms with Gasteiger partial charge >= 0.3 is 0 Å². The standard InChI is InChI=1S/C15H23NO/c1-14(2)10-15(3,4)17-13-6-5-11(7-8-16)9-12(13)14/h5-6,9H,7-8,10,16H2,1-4H3. The maximum Gasteiger partial charge on any atom is 0.123 e. The Hall–Kier alpha value is -1.02. The highest BCUT2D eigenvalue weighted by molar-refractivity contribution is 5.44. The van der Waals surface area contributed by atoms with Crippen molar-refractivity contribution >= 4 is 0 Å². The summed E-state index contributed by atoms with van der Waals surface area (Å²) < 4.78 is 6.06. The second kappa shape index (κ2) is 4.02. The first-order valence-corrected chi connectivity index (χ1v) is 6.37. The van der Waals surface area contributed by atoms with Crippen LogP contribution >= 0.6 is 0 Å². The molecule has 0 atom stereocenters. The van der Waals surface area contributed by atoms with Crippen LogP contribution in [0, 0.1) is 0 Å². The number of hydrogen-bond acceptors (Lipinski definition) is 2. The Morgan fingerprint density at radius 1 is 1.24 bits per heavy atom. The van der Waals surface area contributed by atoms with Crippen LogP contribution in [0.25, 0.3) is 0 Å². The summed E-state index contributed by atoms with van der Waals surface area (Å²) >= 11 is 0. The highest BCUT2D eigenvalue weighted by Crippen LogP contribution is 2.44. The van der Waals surface area contributed by atoms with E-state index in [1.54, 1.807) is 0 Å². The molecule has 0 amide bonds. The van der Waals surface area contributed by atoms with Crippen molar-refractivity contribution in [2.24, 2.45) is 5.73 Å². The summed E-state index contributed by atoms with van der Waals surface area (Å²) in [5.41, 5.74) is 8.34. The Morgan fingerprint density at radius 3 is 2.59 bits per heavy atom. The van der Waals surface area contributed by atoms with Crippen LogP contribution in [0.1, 0.15) is 45.2 Å². The molecule has 0 aliphatic carbocycles. The third kappa shape index (κ3) is 2.47. The molecule has 1 aliphatic rings. The Labute approximate surface area is 104 Å². The molecule has 1 aromatic carbocycles. The average molecular weight is 233 g/mol. The lowest BCUT2D eigenvalue weighted by Gasteiger charge is -2.42. The molecule has 0 unspecified atom stereocenters. The van der Waals surface area contributed by atoms with Crippen molar-refractivity contribution in [3.63, 3.8) is 0 Å². The molecule has 2 nitrogen and oxygen atoms in total. The van der Waals surface area contributed by atoms with Gasteiger partial charge in [-0.1, -0.05) is 26.0 Å². The van der Waals surface area contributed by atoms with Crippen LogP contribution in [-0.4, -0.2) is 12.1 Å². The lowest BCUT2D eigenvalue weighted by atomic mass is 9.73. The molecular formula is C15H23NO. The van der Waals surface area contributed by atoms with Crippen LogP contribution in [0.3, 0.4) is 0 Å². The van der Waals surface area contributed by atoms with Crippen LogP contribution in [0.5, 0.6) is 5.75 Å². The third-order valence-corrected chi connectivity index (χ3v) is 3.46. The van der Waals surface area contributed by atoms with Gasteiger partial charge in [-0.2, -0.15) is 0 Å². The zero-order valence-corrected chi connectivity index (χ0v) is 11.3. The molecule has 0 radical (unpaired) electrons. The van der Waals surface area contributed by atoms with E-state index in [4.69, 9.17) is 10.5 Å². The zero-order chi connectivity index (χ0) is 12.7. The number of rotatable bonds is 2. The van der Waals surface area contributed by atoms with Crippen molar-refractivity contribution in [2.45, 2.75) is 51.6 Å². The van der Waals surface area contributed by atoms with Crippen LogP contribution in [-0.2, 0) is 11.8 Å². The molecule has 2 heteroatoms. The van der Waals surface area contributed by atoms with Crippen molar-refractivity contribution < 1.29 is 4.74 Å². The Morgan fingerprint density at radius 2 is 1.94 bits per heavy atom. The first-order chi connectivity index (χ1) is 7.84. The minimum atomic E-state index is -0.0775. The number of benzene rings is 1. The van der Waals surface area contributed by atoms with Crippen molar-refractivity contribution in [1.82, 2.24) is 0 Å². The van der Waals surface area contributed by atoms with Gasteiger partial charge in [-0.3, -0.25) is 0 Å². The van der Waals surface area contributed by atoms with Gasteiger partial charge in [0.2, 0.25) is 0 Å². The van der Waals surface area contributed by atoms with E-state index >= 15 is 0 Å². The molecule has 0 spiro atoms. The fraction of sp³-hybridized carbons (Fsp3) is 0.600. The molecular weight excluding hydrogens is 210 g/mol. The lowest BCUT2D eigenvalue weighted by Crippen LogP contribution is -2.41. The number of nitrogens with two attached hydrogens (primary N) is 1. The summed E-state index contributed by atoms with van der Waals surface area (Å²) in [6, 6.07) is 6.49. The molecule has 1 heterocycles. The van der Waals surface area contributed by atoms with Gasteiger partial charge in [-0.25, -0.2) is 0 Å². The molecule has 0 fully saturated rings. The first-order valence-electron chi connectivity index (χ1n) is 6.37. The minimum Gasteiger partial charge on any atom is -0.488 e. The highest BCUT2D eigenvalue weighted by atomic mass is 16.5. The van der Waals surface area contributed by atoms with Crippen LogP contribution < -0.4 is 10.5 Å². The van der Waals surface area contributed by atoms with Crippen LogP contribution in [0.2, 0.25) is 0 Å². The van der Waals surface area contributed by atoms with Crippen molar-refractivity contribution in [2.75, 3.05) is 6.54 Å². The molecule has 1 aliphatic heterocycles. The van der Waals surface area contributed by atoms with Gasteiger partial charge in [0.25, 0.3) is 0 Å². The highest BCUT2D eigenvalue weighted by Gasteiger charge is 2.38. The van der Waals surface area contributed by atoms with Gasteiger partial charge < -0.3 is 10.5 Å². The number of hydrogen-bond donors (Lipinski definition) is 1. The van der Waals surface area contributed by atoms with Crippen LogP contribution in [0.15, 0.2) is 18.2 Å². The summed E-state index contributed by atoms with van der Waals surface area (Å²) in [6.07, 6.45) is 1.98. The third-order valence-electron chi connectivity index (χ3n) is 3.46. The summed E-state index contributed by atoms with van der Waals surface area (Å²) in [5.74, 6) is 1.03.